The molecule has 7 nitrogen and oxygen atoms in total. The monoisotopic (exact) mass is 279 g/mol. The van der Waals surface area contributed by atoms with Gasteiger partial charge < -0.3 is 5.11 Å². The van der Waals surface area contributed by atoms with E-state index in [0.717, 1.165) is 12.1 Å². The van der Waals surface area contributed by atoms with Gasteiger partial charge in [0.2, 0.25) is 10.0 Å². The maximum Gasteiger partial charge on any atom is 0.337 e. The van der Waals surface area contributed by atoms with Crippen LogP contribution in [0.1, 0.15) is 10.4 Å². The topological polar surface area (TPSA) is 118 Å². The molecule has 0 saturated carbocycles. The normalized spacial score (nSPS) is 12.3. The van der Waals surface area contributed by atoms with Crippen molar-refractivity contribution in [3.05, 3.63) is 29.8 Å². The van der Waals surface area contributed by atoms with Crippen molar-refractivity contribution in [1.29, 1.82) is 0 Å². The van der Waals surface area contributed by atoms with Gasteiger partial charge in [-0.2, -0.15) is 0 Å². The minimum absolute atomic E-state index is 0.497. The lowest BCUT2D eigenvalue weighted by molar-refractivity contribution is 0.0692. The Labute approximate surface area is 98.2 Å². The van der Waals surface area contributed by atoms with E-state index in [4.69, 9.17) is 5.11 Å². The van der Waals surface area contributed by atoms with E-state index in [-0.39, 0.29) is 0 Å². The minimum Gasteiger partial charge on any atom is -0.478 e. The fourth-order valence-electron chi connectivity index (χ4n) is 1.12. The Hall–Kier alpha value is -1.45. The number of hydrogen-bond acceptors (Lipinski definition) is 5. The molecule has 2 N–H and O–H groups in total. The molecule has 1 aromatic carbocycles. The van der Waals surface area contributed by atoms with Gasteiger partial charge in [0, 0.05) is 0 Å². The average Bonchev–Trinajstić information content (AvgIpc) is 2.14. The Bertz CT molecular complexity index is 646. The Morgan fingerprint density at radius 2 is 1.71 bits per heavy atom. The van der Waals surface area contributed by atoms with Crippen LogP contribution in [0.4, 0.5) is 0 Å². The second-order valence-corrected chi connectivity index (χ2v) is 6.82. The Morgan fingerprint density at radius 3 is 2.18 bits per heavy atom. The number of carbonyl (C=O) groups is 1. The molecule has 0 saturated heterocycles. The van der Waals surface area contributed by atoms with Crippen LogP contribution < -0.4 is 4.13 Å². The van der Waals surface area contributed by atoms with Crippen LogP contribution in [0, 0.1) is 0 Å². The van der Waals surface area contributed by atoms with Crippen LogP contribution in [0.3, 0.4) is 0 Å². The molecule has 0 heterocycles. The first-order valence-corrected chi connectivity index (χ1v) is 7.57. The zero-order chi connectivity index (χ0) is 13.3. The molecule has 0 aliphatic carbocycles. The Balaban J connectivity index is 3.40. The smallest absolute Gasteiger partial charge is 0.337 e. The summed E-state index contributed by atoms with van der Waals surface area (Å²) in [6.07, 6.45) is 0.661. The number of carboxylic acid groups (broad SMARTS) is 1. The Morgan fingerprint density at radius 1 is 1.18 bits per heavy atom. The average molecular weight is 279 g/mol. The molecular formula is C8H9NO6S2. The molecule has 9 heteroatoms. The number of aromatic carboxylic acids is 1. The third-order valence-electron chi connectivity index (χ3n) is 1.67. The molecule has 0 radical (unpaired) electrons. The van der Waals surface area contributed by atoms with Crippen molar-refractivity contribution in [2.45, 2.75) is 4.90 Å². The highest BCUT2D eigenvalue weighted by Gasteiger charge is 2.24. The molecule has 0 atom stereocenters. The van der Waals surface area contributed by atoms with Gasteiger partial charge in [0.25, 0.3) is 10.0 Å². The van der Waals surface area contributed by atoms with Gasteiger partial charge in [0.15, 0.2) is 0 Å². The van der Waals surface area contributed by atoms with E-state index >= 15 is 0 Å². The first-order valence-electron chi connectivity index (χ1n) is 4.19. The fourth-order valence-corrected chi connectivity index (χ4v) is 3.78. The summed E-state index contributed by atoms with van der Waals surface area (Å²) in [6.45, 7) is 0. The van der Waals surface area contributed by atoms with Crippen LogP contribution in [0.25, 0.3) is 0 Å². The summed E-state index contributed by atoms with van der Waals surface area (Å²) >= 11 is 0. The van der Waals surface area contributed by atoms with E-state index in [9.17, 15) is 21.6 Å². The van der Waals surface area contributed by atoms with Gasteiger partial charge in [-0.1, -0.05) is 12.1 Å². The highest BCUT2D eigenvalue weighted by atomic mass is 32.3. The van der Waals surface area contributed by atoms with Crippen LogP contribution in [0.5, 0.6) is 0 Å². The van der Waals surface area contributed by atoms with Gasteiger partial charge in [0.1, 0.15) is 0 Å². The number of benzene rings is 1. The molecule has 17 heavy (non-hydrogen) atoms. The van der Waals surface area contributed by atoms with Crippen LogP contribution in [-0.2, 0) is 20.0 Å². The first-order chi connectivity index (χ1) is 7.63. The molecule has 0 fully saturated rings. The molecule has 0 bridgehead atoms. The maximum absolute atomic E-state index is 11.6. The summed E-state index contributed by atoms with van der Waals surface area (Å²) in [5, 5.41) is 8.79. The number of carboxylic acids is 1. The number of hydrogen-bond donors (Lipinski definition) is 2. The largest absolute Gasteiger partial charge is 0.478 e. The van der Waals surface area contributed by atoms with Gasteiger partial charge in [-0.25, -0.2) is 21.6 Å². The Kier molecular flexibility index (Phi) is 3.55. The number of nitrogens with one attached hydrogen (secondary N) is 1. The van der Waals surface area contributed by atoms with Crippen molar-refractivity contribution in [3.63, 3.8) is 0 Å². The third-order valence-corrected chi connectivity index (χ3v) is 4.69. The lowest BCUT2D eigenvalue weighted by atomic mass is 10.2. The quantitative estimate of drug-likeness (QED) is 0.776. The van der Waals surface area contributed by atoms with Crippen molar-refractivity contribution >= 4 is 26.0 Å². The third kappa shape index (κ3) is 3.51. The van der Waals surface area contributed by atoms with Gasteiger partial charge in [-0.05, 0) is 12.1 Å². The van der Waals surface area contributed by atoms with E-state index in [1.54, 1.807) is 0 Å². The zero-order valence-electron chi connectivity index (χ0n) is 8.61. The van der Waals surface area contributed by atoms with E-state index < -0.39 is 36.5 Å². The summed E-state index contributed by atoms with van der Waals surface area (Å²) in [6, 6.07) is 4.71. The van der Waals surface area contributed by atoms with E-state index in [2.05, 4.69) is 0 Å². The fraction of sp³-hybridized carbons (Fsp3) is 0.125. The van der Waals surface area contributed by atoms with Crippen LogP contribution in [0.15, 0.2) is 29.2 Å². The molecule has 0 spiro atoms. The van der Waals surface area contributed by atoms with Gasteiger partial charge in [0.05, 0.1) is 16.7 Å². The van der Waals surface area contributed by atoms with Crippen molar-refractivity contribution in [2.24, 2.45) is 0 Å². The molecule has 94 valence electrons. The van der Waals surface area contributed by atoms with Crippen molar-refractivity contribution < 1.29 is 26.7 Å². The predicted octanol–water partition coefficient (Wildman–Crippen LogP) is -0.377. The molecule has 1 rings (SSSR count). The van der Waals surface area contributed by atoms with E-state index in [1.807, 2.05) is 0 Å². The zero-order valence-corrected chi connectivity index (χ0v) is 10.2. The molecular weight excluding hydrogens is 270 g/mol. The molecule has 0 aliphatic heterocycles. The van der Waals surface area contributed by atoms with E-state index in [1.165, 1.54) is 16.3 Å². The summed E-state index contributed by atoms with van der Waals surface area (Å²) < 4.78 is 46.4. The standard InChI is InChI=1S/C8H9NO6S2/c1-16(12,13)9-17(14,15)7-5-3-2-4-6(7)8(10)11/h2-5,9H,1H3,(H,10,11). The minimum atomic E-state index is -4.41. The summed E-state index contributed by atoms with van der Waals surface area (Å²) in [7, 11) is -8.42. The van der Waals surface area contributed by atoms with Crippen LogP contribution >= 0.6 is 0 Å². The van der Waals surface area contributed by atoms with Crippen molar-refractivity contribution in [3.8, 4) is 0 Å². The van der Waals surface area contributed by atoms with E-state index in [0.29, 0.717) is 6.26 Å². The molecule has 0 aliphatic rings. The molecule has 0 aromatic heterocycles. The number of sulfonamides is 2. The van der Waals surface area contributed by atoms with Gasteiger partial charge in [-0.15, -0.1) is 4.13 Å². The SMILES string of the molecule is CS(=O)(=O)NS(=O)(=O)c1ccccc1C(=O)O. The summed E-state index contributed by atoms with van der Waals surface area (Å²) in [5.74, 6) is -1.46. The molecule has 1 aromatic rings. The highest BCUT2D eigenvalue weighted by molar-refractivity contribution is 8.04. The summed E-state index contributed by atoms with van der Waals surface area (Å²) in [4.78, 5) is 10.2. The maximum atomic E-state index is 11.6. The lowest BCUT2D eigenvalue weighted by Gasteiger charge is -2.07. The van der Waals surface area contributed by atoms with Crippen molar-refractivity contribution in [2.75, 3.05) is 6.26 Å². The number of rotatable bonds is 4. The first kappa shape index (κ1) is 13.6. The van der Waals surface area contributed by atoms with Crippen LogP contribution in [0.2, 0.25) is 0 Å². The van der Waals surface area contributed by atoms with Crippen molar-refractivity contribution in [1.82, 2.24) is 4.13 Å². The second-order valence-electron chi connectivity index (χ2n) is 3.16. The second kappa shape index (κ2) is 4.43. The van der Waals surface area contributed by atoms with Gasteiger partial charge in [-0.3, -0.25) is 0 Å². The van der Waals surface area contributed by atoms with Crippen LogP contribution in [-0.4, -0.2) is 34.2 Å². The lowest BCUT2D eigenvalue weighted by Crippen LogP contribution is -2.30. The predicted molar refractivity (Wildman–Crippen MR) is 58.6 cm³/mol. The molecule has 0 unspecified atom stereocenters. The summed E-state index contributed by atoms with van der Waals surface area (Å²) in [5.41, 5.74) is -0.497. The highest BCUT2D eigenvalue weighted by Crippen LogP contribution is 2.15. The van der Waals surface area contributed by atoms with Gasteiger partial charge >= 0.3 is 5.97 Å². The molecule has 0 amide bonds.